The normalized spacial score (nSPS) is 16.1. The Bertz CT molecular complexity index is 432. The van der Waals surface area contributed by atoms with E-state index < -0.39 is 35.9 Å². The second-order valence-corrected chi connectivity index (χ2v) is 7.31. The molecule has 0 radical (unpaired) electrons. The second kappa shape index (κ2) is 11.3. The highest BCUT2D eigenvalue weighted by molar-refractivity contribution is 7.98. The molecule has 24 heavy (non-hydrogen) atoms. The molecule has 4 atom stereocenters. The van der Waals surface area contributed by atoms with Crippen LogP contribution in [-0.2, 0) is 14.4 Å². The lowest BCUT2D eigenvalue weighted by Gasteiger charge is -2.25. The number of nitrogens with two attached hydrogens (primary N) is 1. The monoisotopic (exact) mass is 361 g/mol. The lowest BCUT2D eigenvalue weighted by molar-refractivity contribution is -0.143. The van der Waals surface area contributed by atoms with E-state index in [1.165, 1.54) is 0 Å². The molecule has 0 aliphatic carbocycles. The first-order valence-electron chi connectivity index (χ1n) is 8.23. The van der Waals surface area contributed by atoms with Crippen LogP contribution in [0, 0.1) is 11.8 Å². The van der Waals surface area contributed by atoms with Crippen molar-refractivity contribution in [1.29, 1.82) is 0 Å². The van der Waals surface area contributed by atoms with Gasteiger partial charge in [-0.25, -0.2) is 4.79 Å². The summed E-state index contributed by atoms with van der Waals surface area (Å²) in [5, 5.41) is 14.5. The third-order valence-corrected chi connectivity index (χ3v) is 4.69. The molecule has 7 nitrogen and oxygen atoms in total. The zero-order valence-corrected chi connectivity index (χ0v) is 16.0. The van der Waals surface area contributed by atoms with Gasteiger partial charge in [-0.1, -0.05) is 34.1 Å². The second-order valence-electron chi connectivity index (χ2n) is 6.32. The standard InChI is InChI=1S/C16H31N3O4S/c1-6-10(4)13(16(22)23)19-14(20)11(7-8-24-5)18-15(21)12(17)9(2)3/h9-13H,6-8,17H2,1-5H3,(H,18,21)(H,19,20)(H,22,23)/t10-,11-,12-,13-/m0/s1. The van der Waals surface area contributed by atoms with Crippen molar-refractivity contribution < 1.29 is 19.5 Å². The Hall–Kier alpha value is -1.28. The molecule has 8 heteroatoms. The van der Waals surface area contributed by atoms with Crippen molar-refractivity contribution in [2.24, 2.45) is 17.6 Å². The van der Waals surface area contributed by atoms with Crippen molar-refractivity contribution in [3.8, 4) is 0 Å². The molecule has 5 N–H and O–H groups in total. The van der Waals surface area contributed by atoms with E-state index in [0.717, 1.165) is 0 Å². The largest absolute Gasteiger partial charge is 0.480 e. The summed E-state index contributed by atoms with van der Waals surface area (Å²) in [6, 6.07) is -2.48. The molecule has 0 aliphatic heterocycles. The summed E-state index contributed by atoms with van der Waals surface area (Å²) in [6.07, 6.45) is 2.93. The smallest absolute Gasteiger partial charge is 0.326 e. The Morgan fingerprint density at radius 3 is 2.12 bits per heavy atom. The number of carboxylic acids is 1. The summed E-state index contributed by atoms with van der Waals surface area (Å²) >= 11 is 1.55. The summed E-state index contributed by atoms with van der Waals surface area (Å²) < 4.78 is 0. The Morgan fingerprint density at radius 1 is 1.12 bits per heavy atom. The van der Waals surface area contributed by atoms with Crippen molar-refractivity contribution in [3.63, 3.8) is 0 Å². The van der Waals surface area contributed by atoms with E-state index in [4.69, 9.17) is 5.73 Å². The molecule has 0 spiro atoms. The van der Waals surface area contributed by atoms with Gasteiger partial charge in [0.05, 0.1) is 6.04 Å². The number of aliphatic carboxylic acids is 1. The predicted molar refractivity (Wildman–Crippen MR) is 96.8 cm³/mol. The van der Waals surface area contributed by atoms with E-state index in [1.807, 2.05) is 27.0 Å². The van der Waals surface area contributed by atoms with E-state index in [9.17, 15) is 19.5 Å². The third kappa shape index (κ3) is 7.53. The summed E-state index contributed by atoms with van der Waals surface area (Å²) in [5.74, 6) is -1.56. The quantitative estimate of drug-likeness (QED) is 0.432. The lowest BCUT2D eigenvalue weighted by atomic mass is 9.98. The molecule has 0 bridgehead atoms. The highest BCUT2D eigenvalue weighted by atomic mass is 32.2. The number of rotatable bonds is 11. The topological polar surface area (TPSA) is 122 Å². The number of hydrogen-bond donors (Lipinski definition) is 4. The maximum absolute atomic E-state index is 12.5. The predicted octanol–water partition coefficient (Wildman–Crippen LogP) is 0.823. The number of carboxylic acid groups (broad SMARTS) is 1. The van der Waals surface area contributed by atoms with Crippen LogP contribution in [0.5, 0.6) is 0 Å². The molecule has 0 aliphatic rings. The van der Waals surface area contributed by atoms with Crippen LogP contribution in [0.15, 0.2) is 0 Å². The van der Waals surface area contributed by atoms with Crippen molar-refractivity contribution in [3.05, 3.63) is 0 Å². The van der Waals surface area contributed by atoms with E-state index in [2.05, 4.69) is 10.6 Å². The minimum absolute atomic E-state index is 0.0545. The molecule has 0 aromatic carbocycles. The van der Waals surface area contributed by atoms with Crippen LogP contribution in [0.2, 0.25) is 0 Å². The van der Waals surface area contributed by atoms with Gasteiger partial charge in [-0.2, -0.15) is 11.8 Å². The van der Waals surface area contributed by atoms with Gasteiger partial charge in [0, 0.05) is 0 Å². The molecule has 140 valence electrons. The molecular formula is C16H31N3O4S. The molecule has 0 aromatic rings. The first kappa shape index (κ1) is 22.7. The SMILES string of the molecule is CC[C@H](C)[C@H](NC(=O)[C@H](CCSC)NC(=O)[C@@H](N)C(C)C)C(=O)O. The van der Waals surface area contributed by atoms with Crippen LogP contribution in [-0.4, -0.2) is 53.0 Å². The van der Waals surface area contributed by atoms with Gasteiger partial charge in [0.15, 0.2) is 0 Å². The highest BCUT2D eigenvalue weighted by Gasteiger charge is 2.30. The molecule has 0 heterocycles. The van der Waals surface area contributed by atoms with Crippen molar-refractivity contribution >= 4 is 29.5 Å². The van der Waals surface area contributed by atoms with Crippen LogP contribution in [0.25, 0.3) is 0 Å². The number of thioether (sulfide) groups is 1. The van der Waals surface area contributed by atoms with Crippen LogP contribution in [0.3, 0.4) is 0 Å². The van der Waals surface area contributed by atoms with Crippen LogP contribution < -0.4 is 16.4 Å². The van der Waals surface area contributed by atoms with Gasteiger partial charge in [-0.05, 0) is 30.3 Å². The Kier molecular flexibility index (Phi) is 10.7. The maximum atomic E-state index is 12.5. The van der Waals surface area contributed by atoms with Crippen LogP contribution in [0.1, 0.15) is 40.5 Å². The fraction of sp³-hybridized carbons (Fsp3) is 0.812. The average molecular weight is 362 g/mol. The fourth-order valence-corrected chi connectivity index (χ4v) is 2.48. The van der Waals surface area contributed by atoms with Crippen LogP contribution in [0.4, 0.5) is 0 Å². The number of carbonyl (C=O) groups excluding carboxylic acids is 2. The van der Waals surface area contributed by atoms with E-state index in [-0.39, 0.29) is 11.8 Å². The number of hydrogen-bond acceptors (Lipinski definition) is 5. The van der Waals surface area contributed by atoms with Crippen LogP contribution >= 0.6 is 11.8 Å². The molecule has 0 rings (SSSR count). The summed E-state index contributed by atoms with van der Waals surface area (Å²) in [4.78, 5) is 36.0. The van der Waals surface area contributed by atoms with Crippen molar-refractivity contribution in [2.75, 3.05) is 12.0 Å². The minimum Gasteiger partial charge on any atom is -0.480 e. The Balaban J connectivity index is 5.04. The Morgan fingerprint density at radius 2 is 1.71 bits per heavy atom. The maximum Gasteiger partial charge on any atom is 0.326 e. The first-order chi connectivity index (χ1) is 11.1. The van der Waals surface area contributed by atoms with Gasteiger partial charge >= 0.3 is 5.97 Å². The number of carbonyl (C=O) groups is 3. The van der Waals surface area contributed by atoms with Gasteiger partial charge < -0.3 is 21.5 Å². The third-order valence-electron chi connectivity index (χ3n) is 4.04. The van der Waals surface area contributed by atoms with E-state index in [1.54, 1.807) is 18.7 Å². The lowest BCUT2D eigenvalue weighted by Crippen LogP contribution is -2.56. The molecule has 0 saturated heterocycles. The number of nitrogens with one attached hydrogen (secondary N) is 2. The molecule has 0 unspecified atom stereocenters. The zero-order valence-electron chi connectivity index (χ0n) is 15.2. The van der Waals surface area contributed by atoms with Crippen molar-refractivity contribution in [2.45, 2.75) is 58.7 Å². The minimum atomic E-state index is -1.08. The molecule has 0 fully saturated rings. The zero-order chi connectivity index (χ0) is 18.9. The highest BCUT2D eigenvalue weighted by Crippen LogP contribution is 2.10. The van der Waals surface area contributed by atoms with Gasteiger partial charge in [0.2, 0.25) is 11.8 Å². The first-order valence-corrected chi connectivity index (χ1v) is 9.63. The molecular weight excluding hydrogens is 330 g/mol. The molecule has 0 aromatic heterocycles. The number of amides is 2. The fourth-order valence-electron chi connectivity index (χ4n) is 2.01. The van der Waals surface area contributed by atoms with E-state index >= 15 is 0 Å². The molecule has 2 amide bonds. The van der Waals surface area contributed by atoms with E-state index in [0.29, 0.717) is 18.6 Å². The van der Waals surface area contributed by atoms with Gasteiger partial charge in [0.25, 0.3) is 0 Å². The van der Waals surface area contributed by atoms with Gasteiger partial charge in [0.1, 0.15) is 12.1 Å². The average Bonchev–Trinajstić information content (AvgIpc) is 2.53. The molecule has 0 saturated carbocycles. The Labute approximate surface area is 148 Å². The summed E-state index contributed by atoms with van der Waals surface area (Å²) in [6.45, 7) is 7.28. The van der Waals surface area contributed by atoms with Crippen molar-refractivity contribution in [1.82, 2.24) is 10.6 Å². The summed E-state index contributed by atoms with van der Waals surface area (Å²) in [7, 11) is 0. The van der Waals surface area contributed by atoms with Gasteiger partial charge in [-0.3, -0.25) is 9.59 Å². The summed E-state index contributed by atoms with van der Waals surface area (Å²) in [5.41, 5.74) is 5.81. The van der Waals surface area contributed by atoms with Gasteiger partial charge in [-0.15, -0.1) is 0 Å².